The van der Waals surface area contributed by atoms with E-state index in [2.05, 4.69) is 4.98 Å². The number of aliphatic carboxylic acids is 1. The molecule has 1 aliphatic heterocycles. The van der Waals surface area contributed by atoms with Crippen molar-refractivity contribution < 1.29 is 19.4 Å². The van der Waals surface area contributed by atoms with E-state index in [0.29, 0.717) is 19.0 Å². The number of benzene rings is 1. The number of hydrogen-bond donors (Lipinski definition) is 1. The third kappa shape index (κ3) is 2.50. The SMILES string of the molecule is COc1ccc2c(N3CCOCC3C(=O)O)nccc2c1. The van der Waals surface area contributed by atoms with Crippen LogP contribution in [-0.4, -0.2) is 49.0 Å². The van der Waals surface area contributed by atoms with Crippen molar-refractivity contribution in [2.75, 3.05) is 31.8 Å². The average molecular weight is 288 g/mol. The van der Waals surface area contributed by atoms with Crippen molar-refractivity contribution in [1.82, 2.24) is 4.98 Å². The Bertz CT molecular complexity index is 674. The van der Waals surface area contributed by atoms with Gasteiger partial charge in [0.2, 0.25) is 0 Å². The number of aromatic nitrogens is 1. The molecule has 21 heavy (non-hydrogen) atoms. The van der Waals surface area contributed by atoms with E-state index < -0.39 is 12.0 Å². The lowest BCUT2D eigenvalue weighted by Gasteiger charge is -2.34. The first kappa shape index (κ1) is 13.6. The van der Waals surface area contributed by atoms with Gasteiger partial charge in [0, 0.05) is 18.1 Å². The molecule has 0 amide bonds. The predicted molar refractivity (Wildman–Crippen MR) is 77.9 cm³/mol. The molecule has 0 bridgehead atoms. The van der Waals surface area contributed by atoms with Crippen molar-refractivity contribution in [3.63, 3.8) is 0 Å². The molecule has 6 heteroatoms. The molecule has 0 spiro atoms. The number of rotatable bonds is 3. The molecule has 0 saturated carbocycles. The number of carbonyl (C=O) groups is 1. The van der Waals surface area contributed by atoms with Crippen LogP contribution in [-0.2, 0) is 9.53 Å². The maximum absolute atomic E-state index is 11.4. The summed E-state index contributed by atoms with van der Waals surface area (Å²) in [4.78, 5) is 17.6. The minimum absolute atomic E-state index is 0.170. The third-order valence-electron chi connectivity index (χ3n) is 3.64. The first-order chi connectivity index (χ1) is 10.2. The van der Waals surface area contributed by atoms with Crippen molar-refractivity contribution in [2.24, 2.45) is 0 Å². The van der Waals surface area contributed by atoms with E-state index >= 15 is 0 Å². The van der Waals surface area contributed by atoms with Gasteiger partial charge in [-0.2, -0.15) is 0 Å². The van der Waals surface area contributed by atoms with Gasteiger partial charge in [-0.25, -0.2) is 9.78 Å². The average Bonchev–Trinajstić information content (AvgIpc) is 2.53. The molecule has 1 saturated heterocycles. The van der Waals surface area contributed by atoms with Gasteiger partial charge in [-0.15, -0.1) is 0 Å². The molecule has 1 fully saturated rings. The molecule has 110 valence electrons. The number of carboxylic acid groups (broad SMARTS) is 1. The molecule has 1 aromatic heterocycles. The minimum Gasteiger partial charge on any atom is -0.497 e. The molecule has 1 N–H and O–H groups in total. The van der Waals surface area contributed by atoms with E-state index in [9.17, 15) is 9.90 Å². The molecule has 1 atom stereocenters. The quantitative estimate of drug-likeness (QED) is 0.923. The Kier molecular flexibility index (Phi) is 3.62. The van der Waals surface area contributed by atoms with Crippen LogP contribution in [0.1, 0.15) is 0 Å². The van der Waals surface area contributed by atoms with Crippen LogP contribution in [0.4, 0.5) is 5.82 Å². The van der Waals surface area contributed by atoms with Crippen LogP contribution in [0.25, 0.3) is 10.8 Å². The van der Waals surface area contributed by atoms with Gasteiger partial charge in [-0.1, -0.05) is 0 Å². The van der Waals surface area contributed by atoms with Gasteiger partial charge >= 0.3 is 5.97 Å². The Morgan fingerprint density at radius 3 is 3.10 bits per heavy atom. The van der Waals surface area contributed by atoms with Crippen LogP contribution in [0.3, 0.4) is 0 Å². The molecule has 1 aliphatic rings. The van der Waals surface area contributed by atoms with Crippen molar-refractivity contribution in [1.29, 1.82) is 0 Å². The van der Waals surface area contributed by atoms with Gasteiger partial charge < -0.3 is 19.5 Å². The number of carboxylic acids is 1. The second kappa shape index (κ2) is 5.57. The fourth-order valence-electron chi connectivity index (χ4n) is 2.56. The van der Waals surface area contributed by atoms with E-state index in [1.54, 1.807) is 18.2 Å². The Morgan fingerprint density at radius 1 is 1.48 bits per heavy atom. The summed E-state index contributed by atoms with van der Waals surface area (Å²) in [7, 11) is 1.62. The molecule has 0 aliphatic carbocycles. The predicted octanol–water partition coefficient (Wildman–Crippen LogP) is 1.53. The molecular weight excluding hydrogens is 272 g/mol. The topological polar surface area (TPSA) is 71.9 Å². The van der Waals surface area contributed by atoms with E-state index in [0.717, 1.165) is 16.5 Å². The zero-order chi connectivity index (χ0) is 14.8. The number of anilines is 1. The molecule has 2 heterocycles. The fourth-order valence-corrected chi connectivity index (χ4v) is 2.56. The Morgan fingerprint density at radius 2 is 2.33 bits per heavy atom. The summed E-state index contributed by atoms with van der Waals surface area (Å²) in [6.07, 6.45) is 1.69. The lowest BCUT2D eigenvalue weighted by molar-refractivity contribution is -0.141. The van der Waals surface area contributed by atoms with Gasteiger partial charge in [0.25, 0.3) is 0 Å². The van der Waals surface area contributed by atoms with Crippen molar-refractivity contribution in [2.45, 2.75) is 6.04 Å². The third-order valence-corrected chi connectivity index (χ3v) is 3.64. The summed E-state index contributed by atoms with van der Waals surface area (Å²) in [5, 5.41) is 11.2. The van der Waals surface area contributed by atoms with Crippen molar-refractivity contribution in [3.8, 4) is 5.75 Å². The van der Waals surface area contributed by atoms with Gasteiger partial charge in [0.15, 0.2) is 6.04 Å². The largest absolute Gasteiger partial charge is 0.497 e. The Balaban J connectivity index is 2.08. The lowest BCUT2D eigenvalue weighted by Crippen LogP contribution is -2.50. The molecule has 6 nitrogen and oxygen atoms in total. The first-order valence-electron chi connectivity index (χ1n) is 6.70. The summed E-state index contributed by atoms with van der Waals surface area (Å²) in [6, 6.07) is 6.85. The summed E-state index contributed by atoms with van der Waals surface area (Å²) in [5.74, 6) is 0.532. The molecular formula is C15H16N2O4. The number of ether oxygens (including phenoxy) is 2. The number of nitrogens with zero attached hydrogens (tertiary/aromatic N) is 2. The highest BCUT2D eigenvalue weighted by Gasteiger charge is 2.31. The highest BCUT2D eigenvalue weighted by atomic mass is 16.5. The van der Waals surface area contributed by atoms with Gasteiger partial charge in [0.05, 0.1) is 20.3 Å². The second-order valence-corrected chi connectivity index (χ2v) is 4.84. The molecule has 3 rings (SSSR count). The summed E-state index contributed by atoms with van der Waals surface area (Å²) >= 11 is 0. The number of fused-ring (bicyclic) bond motifs is 1. The van der Waals surface area contributed by atoms with E-state index in [1.165, 1.54) is 0 Å². The zero-order valence-corrected chi connectivity index (χ0v) is 11.7. The Labute approximate surface area is 121 Å². The van der Waals surface area contributed by atoms with Gasteiger partial charge in [0.1, 0.15) is 11.6 Å². The lowest BCUT2D eigenvalue weighted by atomic mass is 10.1. The van der Waals surface area contributed by atoms with Crippen LogP contribution < -0.4 is 9.64 Å². The fraction of sp³-hybridized carbons (Fsp3) is 0.333. The monoisotopic (exact) mass is 288 g/mol. The summed E-state index contributed by atoms with van der Waals surface area (Å²) < 4.78 is 10.5. The molecule has 1 unspecified atom stereocenters. The molecule has 2 aromatic rings. The zero-order valence-electron chi connectivity index (χ0n) is 11.7. The smallest absolute Gasteiger partial charge is 0.328 e. The molecule has 1 aromatic carbocycles. The van der Waals surface area contributed by atoms with E-state index in [1.807, 2.05) is 24.3 Å². The highest BCUT2D eigenvalue weighted by Crippen LogP contribution is 2.29. The second-order valence-electron chi connectivity index (χ2n) is 4.84. The van der Waals surface area contributed by atoms with Gasteiger partial charge in [-0.05, 0) is 29.7 Å². The molecule has 0 radical (unpaired) electrons. The minimum atomic E-state index is -0.901. The van der Waals surface area contributed by atoms with Crippen LogP contribution >= 0.6 is 0 Å². The number of hydrogen-bond acceptors (Lipinski definition) is 5. The summed E-state index contributed by atoms with van der Waals surface area (Å²) in [6.45, 7) is 1.18. The maximum Gasteiger partial charge on any atom is 0.328 e. The van der Waals surface area contributed by atoms with Crippen LogP contribution in [0.15, 0.2) is 30.5 Å². The van der Waals surface area contributed by atoms with Crippen molar-refractivity contribution in [3.05, 3.63) is 30.5 Å². The summed E-state index contributed by atoms with van der Waals surface area (Å²) in [5.41, 5.74) is 0. The number of methoxy groups -OCH3 is 1. The normalized spacial score (nSPS) is 18.7. The van der Waals surface area contributed by atoms with Gasteiger partial charge in [-0.3, -0.25) is 0 Å². The number of morpholine rings is 1. The highest BCUT2D eigenvalue weighted by molar-refractivity contribution is 5.94. The van der Waals surface area contributed by atoms with Crippen LogP contribution in [0.2, 0.25) is 0 Å². The first-order valence-corrected chi connectivity index (χ1v) is 6.70. The standard InChI is InChI=1S/C15H16N2O4/c1-20-11-2-3-12-10(8-11)4-5-16-14(12)17-6-7-21-9-13(17)15(18)19/h2-5,8,13H,6-7,9H2,1H3,(H,18,19). The Hall–Kier alpha value is -2.34. The van der Waals surface area contributed by atoms with Crippen molar-refractivity contribution >= 4 is 22.6 Å². The van der Waals surface area contributed by atoms with Crippen LogP contribution in [0.5, 0.6) is 5.75 Å². The number of pyridine rings is 1. The van der Waals surface area contributed by atoms with E-state index in [4.69, 9.17) is 9.47 Å². The maximum atomic E-state index is 11.4. The van der Waals surface area contributed by atoms with Crippen LogP contribution in [0, 0.1) is 0 Å². The van der Waals surface area contributed by atoms with E-state index in [-0.39, 0.29) is 6.61 Å².